The third-order valence-electron chi connectivity index (χ3n) is 5.53. The Morgan fingerprint density at radius 2 is 1.83 bits per heavy atom. The number of hydrogen-bond donors (Lipinski definition) is 0. The summed E-state index contributed by atoms with van der Waals surface area (Å²) >= 11 is 0. The van der Waals surface area contributed by atoms with E-state index in [1.54, 1.807) is 0 Å². The Morgan fingerprint density at radius 3 is 2.48 bits per heavy atom. The van der Waals surface area contributed by atoms with E-state index in [1.165, 1.54) is 32.2 Å². The van der Waals surface area contributed by atoms with Crippen molar-refractivity contribution in [3.8, 4) is 0 Å². The number of likely N-dealkylation sites (tertiary alicyclic amines) is 2. The molecule has 1 aliphatic carbocycles. The van der Waals surface area contributed by atoms with Crippen molar-refractivity contribution in [2.75, 3.05) is 32.8 Å². The minimum atomic E-state index is -0.385. The Balaban J connectivity index is 1.52. The molecule has 2 aliphatic heterocycles. The maximum absolute atomic E-state index is 12.6. The van der Waals surface area contributed by atoms with Gasteiger partial charge >= 0.3 is 0 Å². The molecule has 0 radical (unpaired) electrons. The van der Waals surface area contributed by atoms with E-state index >= 15 is 0 Å². The Morgan fingerprint density at radius 1 is 1.09 bits per heavy atom. The van der Waals surface area contributed by atoms with Crippen LogP contribution in [-0.4, -0.2) is 66.9 Å². The SMILES string of the molecule is CCOC(CC(=O)N1CC[C@H]2[C@H](CCCN2C2CC2)C1)OCC. The molecule has 0 bridgehead atoms. The van der Waals surface area contributed by atoms with Gasteiger partial charge in [-0.1, -0.05) is 0 Å². The molecule has 0 spiro atoms. The van der Waals surface area contributed by atoms with Crippen LogP contribution in [-0.2, 0) is 14.3 Å². The predicted octanol–water partition coefficient (Wildman–Crippen LogP) is 2.25. The Bertz CT molecular complexity index is 394. The molecule has 0 aromatic rings. The number of fused-ring (bicyclic) bond motifs is 1. The molecule has 5 nitrogen and oxygen atoms in total. The van der Waals surface area contributed by atoms with Gasteiger partial charge in [-0.2, -0.15) is 0 Å². The molecule has 3 aliphatic rings. The van der Waals surface area contributed by atoms with Crippen LogP contribution in [0, 0.1) is 5.92 Å². The minimum Gasteiger partial charge on any atom is -0.352 e. The number of ether oxygens (including phenoxy) is 2. The second-order valence-electron chi connectivity index (χ2n) is 7.11. The van der Waals surface area contributed by atoms with Crippen LogP contribution in [0.5, 0.6) is 0 Å². The molecule has 1 saturated carbocycles. The van der Waals surface area contributed by atoms with E-state index in [1.807, 2.05) is 13.8 Å². The van der Waals surface area contributed by atoms with Gasteiger partial charge in [0.15, 0.2) is 6.29 Å². The summed E-state index contributed by atoms with van der Waals surface area (Å²) in [7, 11) is 0. The molecule has 2 saturated heterocycles. The molecule has 0 N–H and O–H groups in total. The summed E-state index contributed by atoms with van der Waals surface area (Å²) in [5.41, 5.74) is 0. The summed E-state index contributed by atoms with van der Waals surface area (Å²) in [5, 5.41) is 0. The molecule has 3 rings (SSSR count). The number of rotatable bonds is 7. The van der Waals surface area contributed by atoms with Crippen LogP contribution in [0.1, 0.15) is 52.4 Å². The van der Waals surface area contributed by atoms with Crippen molar-refractivity contribution in [1.82, 2.24) is 9.80 Å². The average molecular weight is 324 g/mol. The molecule has 132 valence electrons. The zero-order valence-electron chi connectivity index (χ0n) is 14.7. The lowest BCUT2D eigenvalue weighted by Gasteiger charge is -2.47. The number of carbonyl (C=O) groups excluding carboxylic acids is 1. The highest BCUT2D eigenvalue weighted by atomic mass is 16.7. The van der Waals surface area contributed by atoms with Gasteiger partial charge in [-0.25, -0.2) is 0 Å². The number of amides is 1. The summed E-state index contributed by atoms with van der Waals surface area (Å²) in [6.45, 7) is 8.15. The largest absolute Gasteiger partial charge is 0.352 e. The minimum absolute atomic E-state index is 0.193. The summed E-state index contributed by atoms with van der Waals surface area (Å²) in [6, 6.07) is 1.57. The Labute approximate surface area is 140 Å². The Kier molecular flexibility index (Phi) is 5.94. The molecule has 1 amide bonds. The van der Waals surface area contributed by atoms with Gasteiger partial charge in [-0.05, 0) is 58.4 Å². The highest BCUT2D eigenvalue weighted by Crippen LogP contribution is 2.38. The first kappa shape index (κ1) is 17.2. The molecule has 0 aromatic heterocycles. The molecule has 0 unspecified atom stereocenters. The number of carbonyl (C=O) groups is 1. The second kappa shape index (κ2) is 7.95. The second-order valence-corrected chi connectivity index (χ2v) is 7.11. The predicted molar refractivity (Wildman–Crippen MR) is 89.1 cm³/mol. The van der Waals surface area contributed by atoms with Crippen molar-refractivity contribution in [2.45, 2.75) is 70.7 Å². The van der Waals surface area contributed by atoms with E-state index in [-0.39, 0.29) is 12.2 Å². The third kappa shape index (κ3) is 4.25. The molecule has 5 heteroatoms. The van der Waals surface area contributed by atoms with Gasteiger partial charge in [0.2, 0.25) is 5.91 Å². The zero-order chi connectivity index (χ0) is 16.2. The first-order valence-electron chi connectivity index (χ1n) is 9.49. The van der Waals surface area contributed by atoms with Crippen molar-refractivity contribution < 1.29 is 14.3 Å². The summed E-state index contributed by atoms with van der Waals surface area (Å²) in [4.78, 5) is 17.4. The fourth-order valence-electron chi connectivity index (χ4n) is 4.34. The van der Waals surface area contributed by atoms with Crippen molar-refractivity contribution in [2.24, 2.45) is 5.92 Å². The zero-order valence-corrected chi connectivity index (χ0v) is 14.7. The number of piperidine rings is 2. The third-order valence-corrected chi connectivity index (χ3v) is 5.53. The lowest BCUT2D eigenvalue weighted by atomic mass is 9.83. The van der Waals surface area contributed by atoms with Crippen LogP contribution in [0.25, 0.3) is 0 Å². The van der Waals surface area contributed by atoms with Crippen LogP contribution in [0.3, 0.4) is 0 Å². The van der Waals surface area contributed by atoms with E-state index in [2.05, 4.69) is 9.80 Å². The van der Waals surface area contributed by atoms with Crippen LogP contribution < -0.4 is 0 Å². The van der Waals surface area contributed by atoms with Crippen LogP contribution >= 0.6 is 0 Å². The molecule has 23 heavy (non-hydrogen) atoms. The monoisotopic (exact) mass is 324 g/mol. The first-order chi connectivity index (χ1) is 11.2. The standard InChI is InChI=1S/C18H32N2O3/c1-3-22-18(23-4-2)12-17(21)19-11-9-16-14(13-19)6-5-10-20(16)15-7-8-15/h14-16,18H,3-13H2,1-2H3/t14-,16+/m1/s1. The Hall–Kier alpha value is -0.650. The molecule has 2 atom stereocenters. The fraction of sp³-hybridized carbons (Fsp3) is 0.944. The van der Waals surface area contributed by atoms with Gasteiger partial charge in [0.05, 0.1) is 6.42 Å². The molecular formula is C18H32N2O3. The van der Waals surface area contributed by atoms with Gasteiger partial charge in [-0.15, -0.1) is 0 Å². The normalized spacial score (nSPS) is 28.9. The van der Waals surface area contributed by atoms with Crippen molar-refractivity contribution in [3.63, 3.8) is 0 Å². The fourth-order valence-corrected chi connectivity index (χ4v) is 4.34. The highest BCUT2D eigenvalue weighted by Gasteiger charge is 2.42. The lowest BCUT2D eigenvalue weighted by Crippen LogP contribution is -2.56. The van der Waals surface area contributed by atoms with E-state index in [0.717, 1.165) is 31.6 Å². The van der Waals surface area contributed by atoms with Crippen LogP contribution in [0.4, 0.5) is 0 Å². The van der Waals surface area contributed by atoms with E-state index in [0.29, 0.717) is 25.6 Å². The summed E-state index contributed by atoms with van der Waals surface area (Å²) in [5.74, 6) is 0.860. The lowest BCUT2D eigenvalue weighted by molar-refractivity contribution is -0.161. The maximum atomic E-state index is 12.6. The average Bonchev–Trinajstić information content (AvgIpc) is 3.39. The van der Waals surface area contributed by atoms with E-state index in [4.69, 9.17) is 9.47 Å². The smallest absolute Gasteiger partial charge is 0.227 e. The topological polar surface area (TPSA) is 42.0 Å². The number of hydrogen-bond acceptors (Lipinski definition) is 4. The first-order valence-corrected chi connectivity index (χ1v) is 9.49. The van der Waals surface area contributed by atoms with Crippen LogP contribution in [0.15, 0.2) is 0 Å². The molecule has 2 heterocycles. The van der Waals surface area contributed by atoms with Crippen molar-refractivity contribution >= 4 is 5.91 Å². The highest BCUT2D eigenvalue weighted by molar-refractivity contribution is 5.76. The maximum Gasteiger partial charge on any atom is 0.227 e. The number of nitrogens with zero attached hydrogens (tertiary/aromatic N) is 2. The molecule has 0 aromatic carbocycles. The summed E-state index contributed by atoms with van der Waals surface area (Å²) in [6.07, 6.45) is 6.45. The van der Waals surface area contributed by atoms with Gasteiger partial charge in [0, 0.05) is 38.4 Å². The van der Waals surface area contributed by atoms with Crippen LogP contribution in [0.2, 0.25) is 0 Å². The molecule has 3 fully saturated rings. The van der Waals surface area contributed by atoms with Gasteiger partial charge < -0.3 is 14.4 Å². The van der Waals surface area contributed by atoms with Gasteiger partial charge in [0.25, 0.3) is 0 Å². The summed E-state index contributed by atoms with van der Waals surface area (Å²) < 4.78 is 11.1. The quantitative estimate of drug-likeness (QED) is 0.674. The van der Waals surface area contributed by atoms with Crippen molar-refractivity contribution in [3.05, 3.63) is 0 Å². The molecular weight excluding hydrogens is 292 g/mol. The van der Waals surface area contributed by atoms with E-state index < -0.39 is 0 Å². The van der Waals surface area contributed by atoms with Gasteiger partial charge in [0.1, 0.15) is 0 Å². The van der Waals surface area contributed by atoms with Crippen molar-refractivity contribution in [1.29, 1.82) is 0 Å². The van der Waals surface area contributed by atoms with Gasteiger partial charge in [-0.3, -0.25) is 9.69 Å². The van der Waals surface area contributed by atoms with E-state index in [9.17, 15) is 4.79 Å².